The number of ether oxygens (including phenoxy) is 1. The average molecular weight is 926 g/mol. The summed E-state index contributed by atoms with van der Waals surface area (Å²) in [5.41, 5.74) is -6.21. The van der Waals surface area contributed by atoms with Gasteiger partial charge in [-0.05, 0) is 64.3 Å². The van der Waals surface area contributed by atoms with Gasteiger partial charge >= 0.3 is 5.51 Å². The summed E-state index contributed by atoms with van der Waals surface area (Å²) in [4.78, 5) is 13.8. The normalized spacial score (nSPS) is 16.1. The third-order valence-electron chi connectivity index (χ3n) is 10.7. The lowest BCUT2D eigenvalue weighted by atomic mass is 10.1. The first-order valence-electron chi connectivity index (χ1n) is 20.0. The molecule has 1 aliphatic rings. The third kappa shape index (κ3) is 11.0. The summed E-state index contributed by atoms with van der Waals surface area (Å²) in [6.07, 6.45) is 0.355. The zero-order valence-corrected chi connectivity index (χ0v) is 38.0. The van der Waals surface area contributed by atoms with Crippen LogP contribution in [-0.2, 0) is 29.0 Å². The molecule has 330 valence electrons. The third-order valence-corrected chi connectivity index (χ3v) is 19.7. The van der Waals surface area contributed by atoms with E-state index in [9.17, 15) is 34.8 Å². The van der Waals surface area contributed by atoms with Crippen LogP contribution < -0.4 is 20.4 Å². The average Bonchev–Trinajstić information content (AvgIpc) is 3.25. The molecule has 2 N–H and O–H groups in total. The van der Waals surface area contributed by atoms with Crippen LogP contribution in [0.2, 0.25) is 5.04 Å². The molecule has 6 rings (SSSR count). The number of benzene rings is 5. The van der Waals surface area contributed by atoms with Crippen molar-refractivity contribution in [3.8, 4) is 0 Å². The molecule has 5 aromatic rings. The minimum Gasteiger partial charge on any atom is -0.406 e. The molecule has 0 spiro atoms. The molecule has 0 aliphatic carbocycles. The van der Waals surface area contributed by atoms with E-state index in [1.807, 2.05) is 71.5 Å². The second-order valence-corrected chi connectivity index (χ2v) is 24.9. The van der Waals surface area contributed by atoms with E-state index in [4.69, 9.17) is 9.16 Å². The van der Waals surface area contributed by atoms with Crippen molar-refractivity contribution >= 4 is 61.9 Å². The highest BCUT2D eigenvalue weighted by Crippen LogP contribution is 2.38. The van der Waals surface area contributed by atoms with Gasteiger partial charge in [-0.15, -0.1) is 11.8 Å². The number of carbonyl (C=O) groups excluding carboxylic acids is 1. The van der Waals surface area contributed by atoms with E-state index in [1.54, 1.807) is 6.07 Å². The second kappa shape index (κ2) is 19.9. The number of sulfone groups is 1. The highest BCUT2D eigenvalue weighted by molar-refractivity contribution is 7.99. The Kier molecular flexibility index (Phi) is 15.1. The number of sulfonamides is 1. The first-order valence-corrected chi connectivity index (χ1v) is 25.9. The molecule has 1 amide bonds. The van der Waals surface area contributed by atoms with Gasteiger partial charge in [-0.2, -0.15) is 13.2 Å². The predicted octanol–water partition coefficient (Wildman–Crippen LogP) is 7.34. The van der Waals surface area contributed by atoms with E-state index < -0.39 is 61.1 Å². The Bertz CT molecular complexity index is 2440. The first kappa shape index (κ1) is 47.0. The lowest BCUT2D eigenvalue weighted by Gasteiger charge is -2.45. The molecule has 5 aromatic carbocycles. The van der Waals surface area contributed by atoms with Gasteiger partial charge < -0.3 is 14.5 Å². The first-order chi connectivity index (χ1) is 29.4. The van der Waals surface area contributed by atoms with Crippen molar-refractivity contribution in [2.75, 3.05) is 44.0 Å². The van der Waals surface area contributed by atoms with Crippen molar-refractivity contribution in [3.05, 3.63) is 145 Å². The van der Waals surface area contributed by atoms with Crippen LogP contribution in [0.15, 0.2) is 154 Å². The number of alkyl halides is 3. The number of hydrogen-bond donors (Lipinski definition) is 2. The van der Waals surface area contributed by atoms with Crippen LogP contribution in [0.5, 0.6) is 0 Å². The van der Waals surface area contributed by atoms with E-state index in [1.165, 1.54) is 36.0 Å². The van der Waals surface area contributed by atoms with E-state index in [0.717, 1.165) is 27.4 Å². The van der Waals surface area contributed by atoms with Gasteiger partial charge in [0.05, 0.1) is 36.4 Å². The fourth-order valence-corrected chi connectivity index (χ4v) is 15.2. The number of thioether (sulfide) groups is 1. The number of nitrogens with zero attached hydrogens (tertiary/aromatic N) is 1. The fourth-order valence-electron chi connectivity index (χ4n) is 7.54. The Morgan fingerprint density at radius 3 is 1.97 bits per heavy atom. The summed E-state index contributed by atoms with van der Waals surface area (Å²) in [5, 5.41) is 5.04. The van der Waals surface area contributed by atoms with E-state index in [0.29, 0.717) is 51.2 Å². The molecule has 0 bridgehead atoms. The molecule has 1 aliphatic heterocycles. The minimum absolute atomic E-state index is 0.0201. The van der Waals surface area contributed by atoms with Gasteiger partial charge in [0.1, 0.15) is 4.90 Å². The lowest BCUT2D eigenvalue weighted by molar-refractivity contribution is -0.0435. The summed E-state index contributed by atoms with van der Waals surface area (Å²) in [6, 6.07) is 38.9. The highest BCUT2D eigenvalue weighted by Gasteiger charge is 2.51. The summed E-state index contributed by atoms with van der Waals surface area (Å²) in [7, 11) is -13.8. The number of anilines is 1. The van der Waals surface area contributed by atoms with Crippen LogP contribution >= 0.6 is 11.8 Å². The molecule has 62 heavy (non-hydrogen) atoms. The van der Waals surface area contributed by atoms with Gasteiger partial charge in [-0.25, -0.2) is 21.6 Å². The van der Waals surface area contributed by atoms with E-state index >= 15 is 0 Å². The van der Waals surface area contributed by atoms with Gasteiger partial charge in [0.25, 0.3) is 34.1 Å². The summed E-state index contributed by atoms with van der Waals surface area (Å²) < 4.78 is 111. The number of hydrogen-bond acceptors (Lipinski definition) is 10. The summed E-state index contributed by atoms with van der Waals surface area (Å²) in [6.45, 7) is 8.79. The van der Waals surface area contributed by atoms with Crippen molar-refractivity contribution < 1.29 is 44.0 Å². The number of nitrogens with one attached hydrogen (secondary N) is 2. The molecule has 0 unspecified atom stereocenters. The topological polar surface area (TPSA) is 131 Å². The number of rotatable bonds is 17. The molecular weight excluding hydrogens is 876 g/mol. The van der Waals surface area contributed by atoms with E-state index in [-0.39, 0.29) is 16.6 Å². The summed E-state index contributed by atoms with van der Waals surface area (Å²) >= 11 is 1.44. The quantitative estimate of drug-likeness (QED) is 0.0722. The maximum Gasteiger partial charge on any atom is 0.501 e. The maximum atomic E-state index is 14.3. The predicted molar refractivity (Wildman–Crippen MR) is 240 cm³/mol. The standard InChI is InChI=1S/C45H50F3N3O7S3Si/c1-44(2,3)62(39-20-12-6-13-21-39,40-22-14-7-15-23-40)58-32-36-31-57-29-28-51(36)27-26-35(33-59-37-18-10-5-11-19-37)49-41-25-24-38(30-42(41)60(53,54)45(46,47)48)61(55,56)50-43(52)34-16-8-4-9-17-34/h4-25,30,35-36,49H,26-29,31-33H2,1-3H3,(H,50,52)/t35-,36-/m1/s1. The van der Waals surface area contributed by atoms with Gasteiger partial charge in [-0.3, -0.25) is 9.69 Å². The molecule has 17 heteroatoms. The van der Waals surface area contributed by atoms with Crippen molar-refractivity contribution in [1.29, 1.82) is 0 Å². The minimum atomic E-state index is -6.09. The fraction of sp³-hybridized carbons (Fsp3) is 0.311. The Morgan fingerprint density at radius 1 is 0.839 bits per heavy atom. The molecule has 1 fully saturated rings. The number of halogens is 3. The van der Waals surface area contributed by atoms with Gasteiger partial charge in [0.2, 0.25) is 0 Å². The zero-order chi connectivity index (χ0) is 44.6. The number of amides is 1. The number of carbonyl (C=O) groups is 1. The molecular formula is C45H50F3N3O7S3Si. The Morgan fingerprint density at radius 2 is 1.40 bits per heavy atom. The van der Waals surface area contributed by atoms with Crippen molar-refractivity contribution in [3.63, 3.8) is 0 Å². The Labute approximate surface area is 367 Å². The van der Waals surface area contributed by atoms with Crippen LogP contribution in [0.3, 0.4) is 0 Å². The van der Waals surface area contributed by atoms with Gasteiger partial charge in [0, 0.05) is 35.3 Å². The summed E-state index contributed by atoms with van der Waals surface area (Å²) in [5.74, 6) is -0.722. The van der Waals surface area contributed by atoms with Crippen LogP contribution in [0, 0.1) is 0 Å². The van der Waals surface area contributed by atoms with Crippen LogP contribution in [0.25, 0.3) is 0 Å². The highest BCUT2D eigenvalue weighted by atomic mass is 32.2. The van der Waals surface area contributed by atoms with Crippen molar-refractivity contribution in [1.82, 2.24) is 9.62 Å². The molecule has 10 nitrogen and oxygen atoms in total. The second-order valence-electron chi connectivity index (χ2n) is 15.9. The Balaban J connectivity index is 1.29. The largest absolute Gasteiger partial charge is 0.501 e. The molecule has 0 aromatic heterocycles. The van der Waals surface area contributed by atoms with Crippen LogP contribution in [0.1, 0.15) is 37.6 Å². The molecule has 0 saturated carbocycles. The van der Waals surface area contributed by atoms with Gasteiger partial charge in [-0.1, -0.05) is 118 Å². The SMILES string of the molecule is CC(C)(C)[Si](OC[C@H]1COCCN1CC[C@H](CSc1ccccc1)Nc1ccc(S(=O)(=O)NC(=O)c2ccccc2)cc1S(=O)(=O)C(F)(F)F)(c1ccccc1)c1ccccc1. The maximum absolute atomic E-state index is 14.3. The van der Waals surface area contributed by atoms with Gasteiger partial charge in [0.15, 0.2) is 0 Å². The molecule has 1 heterocycles. The smallest absolute Gasteiger partial charge is 0.406 e. The lowest BCUT2D eigenvalue weighted by Crippen LogP contribution is -2.67. The van der Waals surface area contributed by atoms with Crippen LogP contribution in [0.4, 0.5) is 18.9 Å². The molecule has 0 radical (unpaired) electrons. The van der Waals surface area contributed by atoms with Crippen molar-refractivity contribution in [2.45, 2.75) is 64.5 Å². The van der Waals surface area contributed by atoms with E-state index in [2.05, 4.69) is 55.3 Å². The Hall–Kier alpha value is -4.49. The molecule has 1 saturated heterocycles. The number of morpholine rings is 1. The molecule has 2 atom stereocenters. The monoisotopic (exact) mass is 925 g/mol. The zero-order valence-electron chi connectivity index (χ0n) is 34.5. The van der Waals surface area contributed by atoms with Crippen LogP contribution in [-0.4, -0.2) is 92.2 Å². The van der Waals surface area contributed by atoms with Crippen molar-refractivity contribution in [2.24, 2.45) is 0 Å².